The SMILES string of the molecule is COC(C)C1(C)C[C@@H](O)c2cc(Cl)ccc2O1. The van der Waals surface area contributed by atoms with E-state index >= 15 is 0 Å². The molecule has 1 aromatic carbocycles. The van der Waals surface area contributed by atoms with E-state index in [0.717, 1.165) is 5.56 Å². The molecule has 0 spiro atoms. The zero-order valence-corrected chi connectivity index (χ0v) is 11.0. The highest BCUT2D eigenvalue weighted by Crippen LogP contribution is 2.42. The van der Waals surface area contributed by atoms with Crippen LogP contribution >= 0.6 is 11.6 Å². The number of ether oxygens (including phenoxy) is 2. The average Bonchev–Trinajstić information content (AvgIpc) is 2.29. The Morgan fingerprint density at radius 3 is 2.94 bits per heavy atom. The number of aliphatic hydroxyl groups is 1. The molecule has 0 saturated heterocycles. The van der Waals surface area contributed by atoms with E-state index in [4.69, 9.17) is 21.1 Å². The van der Waals surface area contributed by atoms with Gasteiger partial charge in [-0.25, -0.2) is 0 Å². The standard InChI is InChI=1S/C13H17ClO3/c1-8(16-3)13(2)7-11(15)10-6-9(14)4-5-12(10)17-13/h4-6,8,11,15H,7H2,1-3H3/t8?,11-,13?/m1/s1. The van der Waals surface area contributed by atoms with Crippen molar-refractivity contribution in [2.45, 2.75) is 38.1 Å². The predicted octanol–water partition coefficient (Wildman–Crippen LogP) is 2.95. The van der Waals surface area contributed by atoms with Gasteiger partial charge in [-0.15, -0.1) is 0 Å². The predicted molar refractivity (Wildman–Crippen MR) is 66.5 cm³/mol. The normalized spacial score (nSPS) is 29.4. The van der Waals surface area contributed by atoms with Gasteiger partial charge >= 0.3 is 0 Å². The molecule has 0 saturated carbocycles. The lowest BCUT2D eigenvalue weighted by Crippen LogP contribution is -2.47. The third-order valence-corrected chi connectivity index (χ3v) is 3.72. The van der Waals surface area contributed by atoms with Gasteiger partial charge in [0.1, 0.15) is 11.4 Å². The van der Waals surface area contributed by atoms with Gasteiger partial charge in [0.15, 0.2) is 0 Å². The summed E-state index contributed by atoms with van der Waals surface area (Å²) in [5.74, 6) is 0.680. The van der Waals surface area contributed by atoms with Crippen molar-refractivity contribution in [1.82, 2.24) is 0 Å². The Bertz CT molecular complexity index is 421. The number of aliphatic hydroxyl groups excluding tert-OH is 1. The molecular formula is C13H17ClO3. The molecule has 0 amide bonds. The number of fused-ring (bicyclic) bond motifs is 1. The molecule has 0 fully saturated rings. The summed E-state index contributed by atoms with van der Waals surface area (Å²) in [7, 11) is 1.64. The van der Waals surface area contributed by atoms with Crippen LogP contribution in [0.3, 0.4) is 0 Å². The number of hydrogen-bond donors (Lipinski definition) is 1. The first-order chi connectivity index (χ1) is 7.96. The van der Waals surface area contributed by atoms with Crippen LogP contribution in [0, 0.1) is 0 Å². The number of halogens is 1. The van der Waals surface area contributed by atoms with Crippen LogP contribution < -0.4 is 4.74 Å². The lowest BCUT2D eigenvalue weighted by Gasteiger charge is -2.41. The van der Waals surface area contributed by atoms with E-state index in [9.17, 15) is 5.11 Å². The third-order valence-electron chi connectivity index (χ3n) is 3.49. The first kappa shape index (κ1) is 12.7. The second-order valence-electron chi connectivity index (χ2n) is 4.69. The minimum atomic E-state index is -0.569. The highest BCUT2D eigenvalue weighted by molar-refractivity contribution is 6.30. The van der Waals surface area contributed by atoms with Gasteiger partial charge in [-0.05, 0) is 32.0 Å². The number of benzene rings is 1. The summed E-state index contributed by atoms with van der Waals surface area (Å²) in [6, 6.07) is 5.30. The molecule has 0 bridgehead atoms. The summed E-state index contributed by atoms with van der Waals surface area (Å²) in [6.45, 7) is 3.88. The molecule has 1 aromatic rings. The van der Waals surface area contributed by atoms with Crippen LogP contribution in [0.1, 0.15) is 31.9 Å². The minimum Gasteiger partial charge on any atom is -0.484 e. The van der Waals surface area contributed by atoms with Crippen molar-refractivity contribution >= 4 is 11.6 Å². The molecule has 0 radical (unpaired) electrons. The van der Waals surface area contributed by atoms with Crippen LogP contribution in [-0.4, -0.2) is 23.9 Å². The summed E-state index contributed by atoms with van der Waals surface area (Å²) >= 11 is 5.91. The van der Waals surface area contributed by atoms with Crippen LogP contribution in [0.5, 0.6) is 5.75 Å². The monoisotopic (exact) mass is 256 g/mol. The summed E-state index contributed by atoms with van der Waals surface area (Å²) in [4.78, 5) is 0. The Balaban J connectivity index is 2.36. The van der Waals surface area contributed by atoms with Gasteiger partial charge in [0, 0.05) is 24.1 Å². The highest BCUT2D eigenvalue weighted by Gasteiger charge is 2.41. The highest BCUT2D eigenvalue weighted by atomic mass is 35.5. The third kappa shape index (κ3) is 2.28. The summed E-state index contributed by atoms with van der Waals surface area (Å²) in [5.41, 5.74) is 0.230. The number of rotatable bonds is 2. The van der Waals surface area contributed by atoms with Crippen LogP contribution in [0.4, 0.5) is 0 Å². The van der Waals surface area contributed by atoms with E-state index in [1.54, 1.807) is 25.3 Å². The average molecular weight is 257 g/mol. The topological polar surface area (TPSA) is 38.7 Å². The minimum absolute atomic E-state index is 0.0963. The lowest BCUT2D eigenvalue weighted by molar-refractivity contribution is -0.0919. The van der Waals surface area contributed by atoms with E-state index in [1.807, 2.05) is 13.8 Å². The Labute approximate surface area is 106 Å². The van der Waals surface area contributed by atoms with Gasteiger partial charge in [-0.2, -0.15) is 0 Å². The summed E-state index contributed by atoms with van der Waals surface area (Å²) < 4.78 is 11.3. The fourth-order valence-electron chi connectivity index (χ4n) is 2.16. The van der Waals surface area contributed by atoms with Gasteiger partial charge in [0.05, 0.1) is 12.2 Å². The van der Waals surface area contributed by atoms with E-state index < -0.39 is 11.7 Å². The first-order valence-electron chi connectivity index (χ1n) is 5.65. The molecule has 2 unspecified atom stereocenters. The maximum absolute atomic E-state index is 10.2. The Kier molecular flexibility index (Phi) is 3.34. The Hall–Kier alpha value is -0.770. The van der Waals surface area contributed by atoms with Gasteiger partial charge < -0.3 is 14.6 Å². The molecule has 17 heavy (non-hydrogen) atoms. The maximum atomic E-state index is 10.2. The smallest absolute Gasteiger partial charge is 0.135 e. The molecule has 3 atom stereocenters. The molecular weight excluding hydrogens is 240 g/mol. The Morgan fingerprint density at radius 2 is 2.29 bits per heavy atom. The van der Waals surface area contributed by atoms with Crippen molar-refractivity contribution in [3.05, 3.63) is 28.8 Å². The number of methoxy groups -OCH3 is 1. The quantitative estimate of drug-likeness (QED) is 0.884. The molecule has 2 rings (SSSR count). The van der Waals surface area contributed by atoms with E-state index in [-0.39, 0.29) is 6.10 Å². The zero-order valence-electron chi connectivity index (χ0n) is 10.2. The van der Waals surface area contributed by atoms with E-state index in [1.165, 1.54) is 0 Å². The second kappa shape index (κ2) is 4.48. The summed E-state index contributed by atoms with van der Waals surface area (Å²) in [5, 5.41) is 10.8. The van der Waals surface area contributed by atoms with E-state index in [2.05, 4.69) is 0 Å². The van der Waals surface area contributed by atoms with Crippen LogP contribution in [0.25, 0.3) is 0 Å². The first-order valence-corrected chi connectivity index (χ1v) is 6.03. The van der Waals surface area contributed by atoms with Gasteiger partial charge in [-0.1, -0.05) is 11.6 Å². The van der Waals surface area contributed by atoms with Crippen molar-refractivity contribution in [3.8, 4) is 5.75 Å². The number of hydrogen-bond acceptors (Lipinski definition) is 3. The lowest BCUT2D eigenvalue weighted by atomic mass is 9.86. The van der Waals surface area contributed by atoms with Gasteiger partial charge in [0.25, 0.3) is 0 Å². The van der Waals surface area contributed by atoms with Crippen molar-refractivity contribution in [2.24, 2.45) is 0 Å². The van der Waals surface area contributed by atoms with E-state index in [0.29, 0.717) is 17.2 Å². The molecule has 4 heteroatoms. The zero-order chi connectivity index (χ0) is 12.6. The second-order valence-corrected chi connectivity index (χ2v) is 5.13. The molecule has 0 aromatic heterocycles. The maximum Gasteiger partial charge on any atom is 0.135 e. The molecule has 1 aliphatic heterocycles. The largest absolute Gasteiger partial charge is 0.484 e. The van der Waals surface area contributed by atoms with Gasteiger partial charge in [0.2, 0.25) is 0 Å². The fourth-order valence-corrected chi connectivity index (χ4v) is 2.34. The van der Waals surface area contributed by atoms with Crippen molar-refractivity contribution in [3.63, 3.8) is 0 Å². The van der Waals surface area contributed by atoms with Crippen LogP contribution in [0.2, 0.25) is 5.02 Å². The van der Waals surface area contributed by atoms with Crippen LogP contribution in [0.15, 0.2) is 18.2 Å². The van der Waals surface area contributed by atoms with Crippen molar-refractivity contribution < 1.29 is 14.6 Å². The molecule has 1 heterocycles. The molecule has 94 valence electrons. The van der Waals surface area contributed by atoms with Gasteiger partial charge in [-0.3, -0.25) is 0 Å². The molecule has 1 aliphatic rings. The summed E-state index contributed by atoms with van der Waals surface area (Å²) in [6.07, 6.45) is -0.170. The molecule has 3 nitrogen and oxygen atoms in total. The Morgan fingerprint density at radius 1 is 1.59 bits per heavy atom. The van der Waals surface area contributed by atoms with Crippen LogP contribution in [-0.2, 0) is 4.74 Å². The molecule has 0 aliphatic carbocycles. The fraction of sp³-hybridized carbons (Fsp3) is 0.538. The van der Waals surface area contributed by atoms with Crippen molar-refractivity contribution in [2.75, 3.05) is 7.11 Å². The van der Waals surface area contributed by atoms with Crippen molar-refractivity contribution in [1.29, 1.82) is 0 Å². The molecule has 1 N–H and O–H groups in total.